The SMILES string of the molecule is CC[SiH](CC)[Zr+2]([CH]1C(c2ccccc2)=Cc2ccccc21)[CH]1C(c2ccccc2)=Cc2ccccc21.[F-].[F-]. The van der Waals surface area contributed by atoms with Crippen molar-refractivity contribution in [2.45, 2.75) is 33.2 Å². The zero-order valence-corrected chi connectivity index (χ0v) is 25.6. The minimum Gasteiger partial charge on any atom is -1.00 e. The molecular weight excluding hydrogens is 566 g/mol. The van der Waals surface area contributed by atoms with Gasteiger partial charge in [0.25, 0.3) is 0 Å². The fourth-order valence-electron chi connectivity index (χ4n) is 6.52. The number of allylic oxidation sites excluding steroid dienone is 2. The summed E-state index contributed by atoms with van der Waals surface area (Å²) in [5, 5.41) is 0. The molecule has 0 saturated heterocycles. The molecule has 0 fully saturated rings. The Bertz CT molecular complexity index is 1320. The fourth-order valence-corrected chi connectivity index (χ4v) is 34.0. The van der Waals surface area contributed by atoms with Crippen molar-refractivity contribution in [1.82, 2.24) is 0 Å². The van der Waals surface area contributed by atoms with Crippen LogP contribution >= 0.6 is 0 Å². The molecule has 0 aromatic heterocycles. The Kier molecular flexibility index (Phi) is 9.28. The Morgan fingerprint density at radius 3 is 1.29 bits per heavy atom. The minimum absolute atomic E-state index is 0. The molecule has 0 radical (unpaired) electrons. The molecule has 191 valence electrons. The van der Waals surface area contributed by atoms with Crippen LogP contribution in [-0.2, 0) is 20.9 Å². The second-order valence-corrected chi connectivity index (χ2v) is 28.4. The molecule has 0 nitrogen and oxygen atoms in total. The summed E-state index contributed by atoms with van der Waals surface area (Å²) in [7, 11) is 0. The molecule has 4 aromatic rings. The maximum Gasteiger partial charge on any atom is -1.00 e. The summed E-state index contributed by atoms with van der Waals surface area (Å²) in [4.78, 5) is 0. The van der Waals surface area contributed by atoms with Crippen LogP contribution in [0.1, 0.15) is 54.5 Å². The van der Waals surface area contributed by atoms with Crippen LogP contribution in [0.5, 0.6) is 0 Å². The average molecular weight is 599 g/mol. The monoisotopic (exact) mass is 597 g/mol. The first-order valence-corrected chi connectivity index (χ1v) is 22.7. The summed E-state index contributed by atoms with van der Waals surface area (Å²) in [6, 6.07) is 44.0. The molecule has 2 aliphatic carbocycles. The molecule has 0 N–H and O–H groups in total. The molecule has 0 bridgehead atoms. The van der Waals surface area contributed by atoms with Gasteiger partial charge in [0.05, 0.1) is 0 Å². The van der Waals surface area contributed by atoms with Crippen LogP contribution in [0.2, 0.25) is 12.1 Å². The molecule has 0 spiro atoms. The van der Waals surface area contributed by atoms with E-state index < -0.39 is 26.8 Å². The molecule has 4 heteroatoms. The minimum atomic E-state index is -2.21. The summed E-state index contributed by atoms with van der Waals surface area (Å²) in [5.41, 5.74) is 12.2. The van der Waals surface area contributed by atoms with E-state index in [0.29, 0.717) is 7.25 Å². The van der Waals surface area contributed by atoms with Crippen LogP contribution in [0.25, 0.3) is 23.3 Å². The van der Waals surface area contributed by atoms with Crippen molar-refractivity contribution in [1.29, 1.82) is 0 Å². The summed E-state index contributed by atoms with van der Waals surface area (Å²) in [6.07, 6.45) is 5.08. The molecule has 4 aromatic carbocycles. The third-order valence-electron chi connectivity index (χ3n) is 8.20. The molecule has 38 heavy (non-hydrogen) atoms. The van der Waals surface area contributed by atoms with Crippen LogP contribution in [0.15, 0.2) is 109 Å². The van der Waals surface area contributed by atoms with Crippen LogP contribution in [0.3, 0.4) is 0 Å². The molecule has 2 atom stereocenters. The fraction of sp³-hybridized carbons (Fsp3) is 0.176. The van der Waals surface area contributed by atoms with E-state index >= 15 is 0 Å². The van der Waals surface area contributed by atoms with E-state index in [1.165, 1.54) is 34.3 Å². The van der Waals surface area contributed by atoms with Crippen molar-refractivity contribution in [2.75, 3.05) is 0 Å². The zero-order chi connectivity index (χ0) is 24.5. The molecule has 6 rings (SSSR count). The van der Waals surface area contributed by atoms with Gasteiger partial charge in [-0.3, -0.25) is 0 Å². The van der Waals surface area contributed by atoms with Crippen LogP contribution in [-0.4, -0.2) is 5.92 Å². The first-order chi connectivity index (χ1) is 17.8. The number of hydrogen-bond acceptors (Lipinski definition) is 0. The Hall–Kier alpha value is -2.68. The van der Waals surface area contributed by atoms with Gasteiger partial charge in [0.2, 0.25) is 0 Å². The van der Waals surface area contributed by atoms with Crippen molar-refractivity contribution in [3.8, 4) is 0 Å². The van der Waals surface area contributed by atoms with Gasteiger partial charge in [-0.15, -0.1) is 0 Å². The second kappa shape index (κ2) is 12.5. The smallest absolute Gasteiger partial charge is 1.00 e. The number of hydrogen-bond donors (Lipinski definition) is 0. The van der Waals surface area contributed by atoms with Gasteiger partial charge < -0.3 is 9.41 Å². The van der Waals surface area contributed by atoms with Gasteiger partial charge in [0.1, 0.15) is 0 Å². The standard InChI is InChI=1S/2C15H11.C4H11Si.2FH.Zr/c2*1-2-6-12(7-3-1)15-10-13-8-4-5-9-14(13)11-15;1-3-5-4-2;;;/h2*1-11H;5H,3-4H2,1-2H3;2*1H;/q;;;;;+2/p-2. The van der Waals surface area contributed by atoms with E-state index in [4.69, 9.17) is 0 Å². The van der Waals surface area contributed by atoms with E-state index in [2.05, 4.69) is 135 Å². The van der Waals surface area contributed by atoms with Gasteiger partial charge in [-0.1, -0.05) is 0 Å². The van der Waals surface area contributed by atoms with Crippen molar-refractivity contribution >= 4 is 29.2 Å². The van der Waals surface area contributed by atoms with Crippen molar-refractivity contribution < 1.29 is 30.3 Å². The third-order valence-corrected chi connectivity index (χ3v) is 34.4. The van der Waals surface area contributed by atoms with Gasteiger partial charge >= 0.3 is 226 Å². The van der Waals surface area contributed by atoms with Gasteiger partial charge in [-0.25, -0.2) is 0 Å². The van der Waals surface area contributed by atoms with E-state index in [1.54, 1.807) is 22.3 Å². The number of halogens is 2. The van der Waals surface area contributed by atoms with E-state index in [0.717, 1.165) is 0 Å². The summed E-state index contributed by atoms with van der Waals surface area (Å²) < 4.78 is 1.23. The number of benzene rings is 4. The predicted molar refractivity (Wildman–Crippen MR) is 155 cm³/mol. The van der Waals surface area contributed by atoms with Crippen LogP contribution < -0.4 is 9.41 Å². The third kappa shape index (κ3) is 5.01. The maximum absolute atomic E-state index is 2.54. The largest absolute Gasteiger partial charge is 1.00 e. The van der Waals surface area contributed by atoms with Crippen molar-refractivity contribution in [3.05, 3.63) is 143 Å². The Morgan fingerprint density at radius 2 is 0.895 bits per heavy atom. The van der Waals surface area contributed by atoms with Crippen molar-refractivity contribution in [2.24, 2.45) is 0 Å². The quantitative estimate of drug-likeness (QED) is 0.287. The van der Waals surface area contributed by atoms with Crippen LogP contribution in [0.4, 0.5) is 0 Å². The molecule has 2 aliphatic rings. The average Bonchev–Trinajstić information content (AvgIpc) is 3.52. The van der Waals surface area contributed by atoms with Gasteiger partial charge in [-0.05, 0) is 0 Å². The van der Waals surface area contributed by atoms with E-state index in [9.17, 15) is 0 Å². The topological polar surface area (TPSA) is 0 Å². The molecule has 2 unspecified atom stereocenters. The first kappa shape index (κ1) is 28.3. The second-order valence-electron chi connectivity index (χ2n) is 10.1. The summed E-state index contributed by atoms with van der Waals surface area (Å²) in [5.74, 6) is -0.940. The first-order valence-electron chi connectivity index (χ1n) is 13.4. The van der Waals surface area contributed by atoms with Gasteiger partial charge in [0.15, 0.2) is 0 Å². The van der Waals surface area contributed by atoms with Crippen molar-refractivity contribution in [3.63, 3.8) is 0 Å². The van der Waals surface area contributed by atoms with E-state index in [-0.39, 0.29) is 9.41 Å². The maximum atomic E-state index is 2.54. The van der Waals surface area contributed by atoms with Crippen LogP contribution in [0, 0.1) is 0 Å². The molecule has 0 aliphatic heterocycles. The van der Waals surface area contributed by atoms with E-state index in [1.807, 2.05) is 0 Å². The normalized spacial score (nSPS) is 17.0. The van der Waals surface area contributed by atoms with Gasteiger partial charge in [-0.2, -0.15) is 0 Å². The Morgan fingerprint density at radius 1 is 0.526 bits per heavy atom. The number of rotatable bonds is 7. The summed E-state index contributed by atoms with van der Waals surface area (Å²) in [6.45, 7) is 5.00. The predicted octanol–water partition coefficient (Wildman–Crippen LogP) is 2.97. The Balaban J connectivity index is 0.00000168. The molecular formula is C34H33F2SiZr. The summed E-state index contributed by atoms with van der Waals surface area (Å²) >= 11 is -2.21. The molecule has 0 amide bonds. The molecule has 0 heterocycles. The number of fused-ring (bicyclic) bond motifs is 2. The van der Waals surface area contributed by atoms with Gasteiger partial charge in [0, 0.05) is 0 Å². The zero-order valence-electron chi connectivity index (χ0n) is 21.9. The molecule has 0 saturated carbocycles. The Labute approximate surface area is 234 Å².